The maximum atomic E-state index is 10.9. The van der Waals surface area contributed by atoms with E-state index in [4.69, 9.17) is 5.11 Å². The fourth-order valence-corrected chi connectivity index (χ4v) is 3.86. The molecule has 0 radical (unpaired) electrons. The minimum absolute atomic E-state index is 0.125. The monoisotopic (exact) mass is 321 g/mol. The van der Waals surface area contributed by atoms with Gasteiger partial charge in [-0.15, -0.1) is 11.3 Å². The average Bonchev–Trinajstić information content (AvgIpc) is 2.97. The highest BCUT2D eigenvalue weighted by Crippen LogP contribution is 2.29. The smallest absolute Gasteiger partial charge is 0.355 e. The number of unbranched alkanes of at least 4 members (excludes halogenated alkanes) is 2. The van der Waals surface area contributed by atoms with E-state index in [2.05, 4.69) is 18.0 Å². The second-order valence-corrected chi connectivity index (χ2v) is 6.72. The minimum Gasteiger partial charge on any atom is -0.476 e. The number of hydrogen-bond acceptors (Lipinski definition) is 4. The van der Waals surface area contributed by atoms with Gasteiger partial charge in [-0.2, -0.15) is 11.8 Å². The molecule has 3 nitrogen and oxygen atoms in total. The van der Waals surface area contributed by atoms with Crippen LogP contribution in [0.2, 0.25) is 0 Å². The number of rotatable bonds is 8. The number of hydrogen-bond donors (Lipinski definition) is 1. The van der Waals surface area contributed by atoms with Crippen molar-refractivity contribution in [3.8, 4) is 10.6 Å². The highest BCUT2D eigenvalue weighted by molar-refractivity contribution is 7.98. The van der Waals surface area contributed by atoms with Crippen molar-refractivity contribution in [1.82, 2.24) is 4.98 Å². The van der Waals surface area contributed by atoms with E-state index < -0.39 is 5.97 Å². The van der Waals surface area contributed by atoms with Crippen molar-refractivity contribution in [2.75, 3.05) is 5.75 Å². The molecule has 21 heavy (non-hydrogen) atoms. The van der Waals surface area contributed by atoms with E-state index in [1.54, 1.807) is 5.38 Å². The number of thiazole rings is 1. The third-order valence-corrected chi connectivity index (χ3v) is 5.09. The second kappa shape index (κ2) is 8.20. The maximum Gasteiger partial charge on any atom is 0.355 e. The van der Waals surface area contributed by atoms with Gasteiger partial charge in [0.25, 0.3) is 0 Å². The Labute approximate surface area is 133 Å². The van der Waals surface area contributed by atoms with Crippen molar-refractivity contribution in [2.45, 2.75) is 31.9 Å². The molecule has 0 saturated carbocycles. The van der Waals surface area contributed by atoms with Gasteiger partial charge in [0.2, 0.25) is 0 Å². The molecule has 0 aliphatic rings. The average molecular weight is 321 g/mol. The van der Waals surface area contributed by atoms with Gasteiger partial charge in [0.15, 0.2) is 5.69 Å². The molecular weight excluding hydrogens is 302 g/mol. The van der Waals surface area contributed by atoms with Gasteiger partial charge in [-0.05, 0) is 17.7 Å². The first-order chi connectivity index (χ1) is 10.2. The molecule has 1 heterocycles. The number of nitrogens with zero attached hydrogens (tertiary/aromatic N) is 1. The number of carboxylic acids is 1. The summed E-state index contributed by atoms with van der Waals surface area (Å²) in [6.07, 6.45) is 3.78. The number of aromatic nitrogens is 1. The normalized spacial score (nSPS) is 10.7. The Morgan fingerprint density at radius 1 is 1.33 bits per heavy atom. The number of carbonyl (C=O) groups is 1. The third-order valence-electron chi connectivity index (χ3n) is 3.12. The van der Waals surface area contributed by atoms with Crippen molar-refractivity contribution >= 4 is 29.1 Å². The fraction of sp³-hybridized carbons (Fsp3) is 0.375. The van der Waals surface area contributed by atoms with Crippen molar-refractivity contribution in [1.29, 1.82) is 0 Å². The molecule has 2 aromatic rings. The zero-order valence-corrected chi connectivity index (χ0v) is 13.7. The topological polar surface area (TPSA) is 50.2 Å². The quantitative estimate of drug-likeness (QED) is 0.700. The standard InChI is InChI=1S/C16H19NO2S2/c1-2-3-6-9-20-10-12-7-4-5-8-13(12)15-17-14(11-21-15)16(18)19/h4-5,7-8,11H,2-3,6,9-10H2,1H3,(H,18,19). The molecule has 0 aliphatic carbocycles. The van der Waals surface area contributed by atoms with Crippen molar-refractivity contribution < 1.29 is 9.90 Å². The highest BCUT2D eigenvalue weighted by atomic mass is 32.2. The lowest BCUT2D eigenvalue weighted by molar-refractivity contribution is 0.0691. The highest BCUT2D eigenvalue weighted by Gasteiger charge is 2.12. The Hall–Kier alpha value is -1.33. The minimum atomic E-state index is -0.969. The van der Waals surface area contributed by atoms with Gasteiger partial charge < -0.3 is 5.11 Å². The van der Waals surface area contributed by atoms with Gasteiger partial charge in [-0.25, -0.2) is 9.78 Å². The third kappa shape index (κ3) is 4.58. The summed E-state index contributed by atoms with van der Waals surface area (Å²) >= 11 is 3.32. The van der Waals surface area contributed by atoms with Gasteiger partial charge in [0, 0.05) is 16.7 Å². The lowest BCUT2D eigenvalue weighted by Gasteiger charge is -2.07. The van der Waals surface area contributed by atoms with E-state index in [0.29, 0.717) is 0 Å². The molecule has 2 rings (SSSR count). The van der Waals surface area contributed by atoms with Crippen molar-refractivity contribution in [2.24, 2.45) is 0 Å². The van der Waals surface area contributed by atoms with Crippen LogP contribution in [0.3, 0.4) is 0 Å². The fourth-order valence-electron chi connectivity index (χ4n) is 1.99. The maximum absolute atomic E-state index is 10.9. The summed E-state index contributed by atoms with van der Waals surface area (Å²) in [5, 5.41) is 11.4. The van der Waals surface area contributed by atoms with Crippen LogP contribution in [0.5, 0.6) is 0 Å². The molecule has 0 fully saturated rings. The molecule has 0 saturated heterocycles. The molecule has 1 aromatic carbocycles. The van der Waals surface area contributed by atoms with E-state index in [9.17, 15) is 4.79 Å². The Bertz CT molecular complexity index is 595. The van der Waals surface area contributed by atoms with E-state index >= 15 is 0 Å². The Kier molecular flexibility index (Phi) is 6.26. The van der Waals surface area contributed by atoms with Gasteiger partial charge in [-0.3, -0.25) is 0 Å². The zero-order chi connectivity index (χ0) is 15.1. The van der Waals surface area contributed by atoms with Gasteiger partial charge in [-0.1, -0.05) is 44.0 Å². The van der Waals surface area contributed by atoms with Crippen LogP contribution in [-0.4, -0.2) is 21.8 Å². The summed E-state index contributed by atoms with van der Waals surface area (Å²) in [7, 11) is 0. The predicted octanol–water partition coefficient (Wildman–Crippen LogP) is 4.93. The second-order valence-electron chi connectivity index (χ2n) is 4.76. The van der Waals surface area contributed by atoms with Gasteiger partial charge >= 0.3 is 5.97 Å². The van der Waals surface area contributed by atoms with Crippen LogP contribution >= 0.6 is 23.1 Å². The molecule has 1 aromatic heterocycles. The van der Waals surface area contributed by atoms with Crippen LogP contribution in [0.15, 0.2) is 29.6 Å². The van der Waals surface area contributed by atoms with Crippen LogP contribution in [0.1, 0.15) is 42.2 Å². The summed E-state index contributed by atoms with van der Waals surface area (Å²) in [6, 6.07) is 8.12. The Morgan fingerprint density at radius 3 is 2.86 bits per heavy atom. The molecule has 5 heteroatoms. The number of benzene rings is 1. The largest absolute Gasteiger partial charge is 0.476 e. The first-order valence-corrected chi connectivity index (χ1v) is 9.10. The predicted molar refractivity (Wildman–Crippen MR) is 90.2 cm³/mol. The van der Waals surface area contributed by atoms with E-state index in [1.165, 1.54) is 41.9 Å². The first-order valence-electron chi connectivity index (χ1n) is 7.07. The molecule has 0 amide bonds. The summed E-state index contributed by atoms with van der Waals surface area (Å²) in [4.78, 5) is 15.2. The van der Waals surface area contributed by atoms with Crippen LogP contribution in [0, 0.1) is 0 Å². The SMILES string of the molecule is CCCCCSCc1ccccc1-c1nc(C(=O)O)cs1. The van der Waals surface area contributed by atoms with E-state index in [1.807, 2.05) is 30.0 Å². The first kappa shape index (κ1) is 16.0. The van der Waals surface area contributed by atoms with Crippen LogP contribution in [0.25, 0.3) is 10.6 Å². The molecule has 0 spiro atoms. The summed E-state index contributed by atoms with van der Waals surface area (Å²) in [5.74, 6) is 1.14. The number of carboxylic acid groups (broad SMARTS) is 1. The van der Waals surface area contributed by atoms with Gasteiger partial charge in [0.1, 0.15) is 5.01 Å². The number of aromatic carboxylic acids is 1. The number of thioether (sulfide) groups is 1. The van der Waals surface area contributed by atoms with E-state index in [0.717, 1.165) is 16.3 Å². The molecule has 1 N–H and O–H groups in total. The summed E-state index contributed by atoms with van der Waals surface area (Å²) in [6.45, 7) is 2.21. The van der Waals surface area contributed by atoms with Crippen LogP contribution in [0.4, 0.5) is 0 Å². The molecule has 0 bridgehead atoms. The summed E-state index contributed by atoms with van der Waals surface area (Å²) < 4.78 is 0. The molecule has 0 atom stereocenters. The van der Waals surface area contributed by atoms with Gasteiger partial charge in [0.05, 0.1) is 0 Å². The van der Waals surface area contributed by atoms with Crippen LogP contribution in [-0.2, 0) is 5.75 Å². The lowest BCUT2D eigenvalue weighted by Crippen LogP contribution is -1.96. The molecule has 112 valence electrons. The van der Waals surface area contributed by atoms with Crippen molar-refractivity contribution in [3.63, 3.8) is 0 Å². The molecule has 0 unspecified atom stereocenters. The Morgan fingerprint density at radius 2 is 2.14 bits per heavy atom. The van der Waals surface area contributed by atoms with Crippen LogP contribution < -0.4 is 0 Å². The summed E-state index contributed by atoms with van der Waals surface area (Å²) in [5.41, 5.74) is 2.41. The van der Waals surface area contributed by atoms with E-state index in [-0.39, 0.29) is 5.69 Å². The lowest BCUT2D eigenvalue weighted by atomic mass is 10.1. The zero-order valence-electron chi connectivity index (χ0n) is 12.0. The molecular formula is C16H19NO2S2. The van der Waals surface area contributed by atoms with Crippen molar-refractivity contribution in [3.05, 3.63) is 40.9 Å². The molecule has 0 aliphatic heterocycles. The Balaban J connectivity index is 2.07.